The highest BCUT2D eigenvalue weighted by atomic mass is 32.1. The molecule has 0 aromatic rings. The SMILES string of the molecule is CC(N)(S)C(O)=S. The zero-order valence-corrected chi connectivity index (χ0v) is 5.59. The van der Waals surface area contributed by atoms with Gasteiger partial charge in [0, 0.05) is 0 Å². The molecule has 0 spiro atoms. The maximum Gasteiger partial charge on any atom is 0.187 e. The van der Waals surface area contributed by atoms with Gasteiger partial charge in [-0.25, -0.2) is 0 Å². The summed E-state index contributed by atoms with van der Waals surface area (Å²) in [6, 6.07) is 0. The van der Waals surface area contributed by atoms with Gasteiger partial charge < -0.3 is 10.8 Å². The van der Waals surface area contributed by atoms with Crippen LogP contribution in [0.2, 0.25) is 0 Å². The lowest BCUT2D eigenvalue weighted by atomic mass is 10.4. The molecule has 0 saturated heterocycles. The molecule has 0 bridgehead atoms. The highest BCUT2D eigenvalue weighted by molar-refractivity contribution is 7.87. The molecule has 0 fully saturated rings. The Morgan fingerprint density at radius 3 is 2.14 bits per heavy atom. The van der Waals surface area contributed by atoms with Crippen LogP contribution in [0, 0.1) is 0 Å². The number of aliphatic hydroxyl groups is 1. The van der Waals surface area contributed by atoms with Crippen LogP contribution < -0.4 is 5.73 Å². The molecule has 4 heteroatoms. The summed E-state index contributed by atoms with van der Waals surface area (Å²) in [6.45, 7) is 1.51. The number of hydrogen-bond donors (Lipinski definition) is 3. The van der Waals surface area contributed by atoms with Gasteiger partial charge in [0.1, 0.15) is 4.87 Å². The molecular weight excluding hydrogens is 130 g/mol. The third kappa shape index (κ3) is 2.85. The summed E-state index contributed by atoms with van der Waals surface area (Å²) in [6.07, 6.45) is 0. The van der Waals surface area contributed by atoms with E-state index in [2.05, 4.69) is 24.8 Å². The van der Waals surface area contributed by atoms with Gasteiger partial charge in [-0.1, -0.05) is 0 Å². The van der Waals surface area contributed by atoms with Crippen molar-refractivity contribution in [3.05, 3.63) is 0 Å². The van der Waals surface area contributed by atoms with E-state index >= 15 is 0 Å². The summed E-state index contributed by atoms with van der Waals surface area (Å²) in [5.74, 6) is 0. The van der Waals surface area contributed by atoms with Crippen molar-refractivity contribution in [1.82, 2.24) is 0 Å². The Morgan fingerprint density at radius 1 is 2.00 bits per heavy atom. The van der Waals surface area contributed by atoms with Gasteiger partial charge in [-0.05, 0) is 19.1 Å². The molecule has 1 atom stereocenters. The van der Waals surface area contributed by atoms with Crippen molar-refractivity contribution < 1.29 is 5.11 Å². The maximum atomic E-state index is 8.42. The van der Waals surface area contributed by atoms with Gasteiger partial charge in [0.05, 0.1) is 0 Å². The second-order valence-corrected chi connectivity index (χ2v) is 2.77. The molecule has 0 saturated carbocycles. The average Bonchev–Trinajstić information content (AvgIpc) is 1.31. The second kappa shape index (κ2) is 1.98. The molecule has 0 aromatic heterocycles. The van der Waals surface area contributed by atoms with Gasteiger partial charge in [-0.2, -0.15) is 0 Å². The van der Waals surface area contributed by atoms with Crippen LogP contribution in [0.5, 0.6) is 0 Å². The molecule has 0 rings (SSSR count). The number of rotatable bonds is 1. The molecule has 7 heavy (non-hydrogen) atoms. The van der Waals surface area contributed by atoms with Gasteiger partial charge in [0.25, 0.3) is 0 Å². The highest BCUT2D eigenvalue weighted by Gasteiger charge is 2.16. The summed E-state index contributed by atoms with van der Waals surface area (Å²) in [7, 11) is 0. The molecule has 0 radical (unpaired) electrons. The van der Waals surface area contributed by atoms with Gasteiger partial charge >= 0.3 is 0 Å². The topological polar surface area (TPSA) is 46.2 Å². The first-order valence-electron chi connectivity index (χ1n) is 1.69. The molecule has 0 aliphatic rings. The normalized spacial score (nSPS) is 18.1. The van der Waals surface area contributed by atoms with Gasteiger partial charge in [0.15, 0.2) is 5.05 Å². The molecule has 0 aliphatic heterocycles. The zero-order chi connectivity index (χ0) is 6.08. The first-order chi connectivity index (χ1) is 2.94. The van der Waals surface area contributed by atoms with Gasteiger partial charge in [-0.3, -0.25) is 0 Å². The van der Waals surface area contributed by atoms with Gasteiger partial charge in [-0.15, -0.1) is 12.6 Å². The smallest absolute Gasteiger partial charge is 0.187 e. The number of nitrogens with two attached hydrogens (primary N) is 1. The van der Waals surface area contributed by atoms with Crippen LogP contribution in [0.4, 0.5) is 0 Å². The second-order valence-electron chi connectivity index (χ2n) is 1.45. The molecule has 0 aromatic carbocycles. The molecular formula is C3H7NOS2. The number of thiocarbonyl (C=S) groups is 1. The van der Waals surface area contributed by atoms with Crippen molar-refractivity contribution >= 4 is 29.9 Å². The van der Waals surface area contributed by atoms with Crippen LogP contribution in [-0.2, 0) is 0 Å². The molecule has 2 nitrogen and oxygen atoms in total. The van der Waals surface area contributed by atoms with Crippen LogP contribution in [0.1, 0.15) is 6.92 Å². The number of aliphatic hydroxyl groups excluding tert-OH is 1. The standard InChI is InChI=1S/C3H7NOS2/c1-3(4,7)2(5)6/h7H,4H2,1H3,(H,5,6). The van der Waals surface area contributed by atoms with E-state index in [9.17, 15) is 0 Å². The third-order valence-corrected chi connectivity index (χ3v) is 1.22. The van der Waals surface area contributed by atoms with Crippen LogP contribution >= 0.6 is 24.8 Å². The lowest BCUT2D eigenvalue weighted by Crippen LogP contribution is -2.37. The fourth-order valence-electron chi connectivity index (χ4n) is 0. The molecule has 0 amide bonds. The molecule has 0 heterocycles. The van der Waals surface area contributed by atoms with Crippen molar-refractivity contribution in [2.24, 2.45) is 5.73 Å². The van der Waals surface area contributed by atoms with Crippen molar-refractivity contribution in [3.8, 4) is 0 Å². The number of hydrogen-bond acceptors (Lipinski definition) is 3. The fourth-order valence-corrected chi connectivity index (χ4v) is 0. The molecule has 0 aliphatic carbocycles. The fraction of sp³-hybridized carbons (Fsp3) is 0.667. The van der Waals surface area contributed by atoms with Crippen molar-refractivity contribution in [3.63, 3.8) is 0 Å². The lowest BCUT2D eigenvalue weighted by Gasteiger charge is -2.11. The van der Waals surface area contributed by atoms with Crippen LogP contribution in [0.15, 0.2) is 0 Å². The Morgan fingerprint density at radius 2 is 2.14 bits per heavy atom. The Labute approximate surface area is 53.1 Å². The van der Waals surface area contributed by atoms with Gasteiger partial charge in [0.2, 0.25) is 0 Å². The Bertz CT molecular complexity index is 85.4. The molecule has 42 valence electrons. The lowest BCUT2D eigenvalue weighted by molar-refractivity contribution is 0.529. The third-order valence-electron chi connectivity index (χ3n) is 0.433. The minimum absolute atomic E-state index is 0.282. The predicted octanol–water partition coefficient (Wildman–Crippen LogP) is 0.477. The van der Waals surface area contributed by atoms with E-state index in [1.54, 1.807) is 0 Å². The summed E-state index contributed by atoms with van der Waals surface area (Å²) in [4.78, 5) is -1.02. The van der Waals surface area contributed by atoms with Crippen molar-refractivity contribution in [2.45, 2.75) is 11.8 Å². The minimum Gasteiger partial charge on any atom is -0.500 e. The van der Waals surface area contributed by atoms with Crippen LogP contribution in [-0.4, -0.2) is 15.0 Å². The zero-order valence-electron chi connectivity index (χ0n) is 3.88. The van der Waals surface area contributed by atoms with E-state index in [1.165, 1.54) is 6.92 Å². The monoisotopic (exact) mass is 137 g/mol. The first kappa shape index (κ1) is 7.20. The van der Waals surface area contributed by atoms with E-state index in [0.717, 1.165) is 0 Å². The quantitative estimate of drug-likeness (QED) is 0.280. The number of thiol groups is 1. The Balaban J connectivity index is 3.79. The van der Waals surface area contributed by atoms with Crippen LogP contribution in [0.3, 0.4) is 0 Å². The van der Waals surface area contributed by atoms with Crippen LogP contribution in [0.25, 0.3) is 0 Å². The maximum absolute atomic E-state index is 8.42. The first-order valence-corrected chi connectivity index (χ1v) is 2.55. The van der Waals surface area contributed by atoms with E-state index in [0.29, 0.717) is 0 Å². The minimum atomic E-state index is -1.02. The van der Waals surface area contributed by atoms with Crippen molar-refractivity contribution in [1.29, 1.82) is 0 Å². The van der Waals surface area contributed by atoms with E-state index in [1.807, 2.05) is 0 Å². The van der Waals surface area contributed by atoms with Crippen molar-refractivity contribution in [2.75, 3.05) is 0 Å². The summed E-state index contributed by atoms with van der Waals surface area (Å²) >= 11 is 8.02. The highest BCUT2D eigenvalue weighted by Crippen LogP contribution is 2.04. The Hall–Kier alpha value is 0.200. The predicted molar refractivity (Wildman–Crippen MR) is 36.8 cm³/mol. The summed E-state index contributed by atoms with van der Waals surface area (Å²) in [5.41, 5.74) is 5.15. The largest absolute Gasteiger partial charge is 0.500 e. The average molecular weight is 137 g/mol. The van der Waals surface area contributed by atoms with E-state index < -0.39 is 4.87 Å². The molecule has 1 unspecified atom stereocenters. The summed E-state index contributed by atoms with van der Waals surface area (Å²) < 4.78 is 0. The van der Waals surface area contributed by atoms with E-state index in [4.69, 9.17) is 10.8 Å². The Kier molecular flexibility index (Phi) is 2.04. The molecule has 3 N–H and O–H groups in total. The van der Waals surface area contributed by atoms with E-state index in [-0.39, 0.29) is 5.05 Å². The summed E-state index contributed by atoms with van der Waals surface area (Å²) in [5, 5.41) is 8.14.